The van der Waals surface area contributed by atoms with Crippen LogP contribution in [0, 0.1) is 6.92 Å². The van der Waals surface area contributed by atoms with Gasteiger partial charge in [-0.15, -0.1) is 0 Å². The van der Waals surface area contributed by atoms with E-state index in [1.165, 1.54) is 30.3 Å². The zero-order valence-electron chi connectivity index (χ0n) is 15.4. The Balaban J connectivity index is 1.72. The third-order valence-electron chi connectivity index (χ3n) is 4.19. The lowest BCUT2D eigenvalue weighted by atomic mass is 10.1. The van der Waals surface area contributed by atoms with E-state index >= 15 is 0 Å². The highest BCUT2D eigenvalue weighted by Crippen LogP contribution is 2.24. The van der Waals surface area contributed by atoms with Crippen molar-refractivity contribution in [3.05, 3.63) is 93.5 Å². The van der Waals surface area contributed by atoms with Crippen LogP contribution in [0.4, 0.5) is 5.69 Å². The molecule has 2 N–H and O–H groups in total. The standard InChI is InChI=1S/C21H18Cl2N2O3S/c1-14-6-9-17(10-7-14)29(27,28)25-16-8-11-18(20(23)12-16)21(26)24-13-15-4-2-3-5-19(15)22/h2-12,25H,13H2,1H3,(H,24,26). The first-order chi connectivity index (χ1) is 13.8. The lowest BCUT2D eigenvalue weighted by Gasteiger charge is -2.11. The Kier molecular flexibility index (Phi) is 6.47. The molecule has 0 spiro atoms. The Morgan fingerprint density at radius 3 is 2.28 bits per heavy atom. The Labute approximate surface area is 179 Å². The van der Waals surface area contributed by atoms with Crippen LogP contribution in [0.3, 0.4) is 0 Å². The van der Waals surface area contributed by atoms with Crippen molar-refractivity contribution in [2.75, 3.05) is 4.72 Å². The van der Waals surface area contributed by atoms with Crippen LogP contribution in [0.1, 0.15) is 21.5 Å². The van der Waals surface area contributed by atoms with E-state index in [9.17, 15) is 13.2 Å². The van der Waals surface area contributed by atoms with Gasteiger partial charge in [-0.05, 0) is 48.9 Å². The normalized spacial score (nSPS) is 11.1. The first kappa shape index (κ1) is 21.2. The van der Waals surface area contributed by atoms with Gasteiger partial charge in [0.25, 0.3) is 15.9 Å². The van der Waals surface area contributed by atoms with E-state index in [4.69, 9.17) is 23.2 Å². The summed E-state index contributed by atoms with van der Waals surface area (Å²) in [6, 6.07) is 18.0. The first-order valence-corrected chi connectivity index (χ1v) is 10.9. The van der Waals surface area contributed by atoms with E-state index in [0.717, 1.165) is 11.1 Å². The topological polar surface area (TPSA) is 75.3 Å². The fraction of sp³-hybridized carbons (Fsp3) is 0.0952. The van der Waals surface area contributed by atoms with Crippen molar-refractivity contribution >= 4 is 44.8 Å². The molecule has 0 saturated heterocycles. The predicted octanol–water partition coefficient (Wildman–Crippen LogP) is 5.03. The number of anilines is 1. The molecule has 0 heterocycles. The molecular formula is C21H18Cl2N2O3S. The fourth-order valence-electron chi connectivity index (χ4n) is 2.61. The first-order valence-electron chi connectivity index (χ1n) is 8.67. The van der Waals surface area contributed by atoms with E-state index in [0.29, 0.717) is 5.02 Å². The Bertz CT molecular complexity index is 1150. The van der Waals surface area contributed by atoms with Crippen LogP contribution >= 0.6 is 23.2 Å². The summed E-state index contributed by atoms with van der Waals surface area (Å²) < 4.78 is 27.4. The Morgan fingerprint density at radius 1 is 0.931 bits per heavy atom. The maximum Gasteiger partial charge on any atom is 0.261 e. The number of sulfonamides is 1. The predicted molar refractivity (Wildman–Crippen MR) is 116 cm³/mol. The van der Waals surface area contributed by atoms with Gasteiger partial charge < -0.3 is 5.32 Å². The second-order valence-corrected chi connectivity index (χ2v) is 8.88. The number of halogens is 2. The van der Waals surface area contributed by atoms with Crippen LogP contribution in [-0.2, 0) is 16.6 Å². The molecule has 150 valence electrons. The SMILES string of the molecule is Cc1ccc(S(=O)(=O)Nc2ccc(C(=O)NCc3ccccc3Cl)c(Cl)c2)cc1. The van der Waals surface area contributed by atoms with Gasteiger partial charge in [0.1, 0.15) is 0 Å². The van der Waals surface area contributed by atoms with Gasteiger partial charge in [0, 0.05) is 11.6 Å². The number of hydrogen-bond donors (Lipinski definition) is 2. The minimum atomic E-state index is -3.75. The second-order valence-electron chi connectivity index (χ2n) is 6.39. The van der Waals surface area contributed by atoms with Crippen LogP contribution in [-0.4, -0.2) is 14.3 Å². The molecular weight excluding hydrogens is 431 g/mol. The Morgan fingerprint density at radius 2 is 1.62 bits per heavy atom. The molecule has 3 aromatic rings. The number of nitrogens with one attached hydrogen (secondary N) is 2. The maximum atomic E-state index is 12.5. The van der Waals surface area contributed by atoms with Gasteiger partial charge in [-0.2, -0.15) is 0 Å². The van der Waals surface area contributed by atoms with E-state index < -0.39 is 10.0 Å². The fourth-order valence-corrected chi connectivity index (χ4v) is 4.13. The second kappa shape index (κ2) is 8.86. The molecule has 0 aliphatic carbocycles. The van der Waals surface area contributed by atoms with Crippen molar-refractivity contribution in [2.45, 2.75) is 18.4 Å². The zero-order chi connectivity index (χ0) is 21.0. The number of carbonyl (C=O) groups is 1. The summed E-state index contributed by atoms with van der Waals surface area (Å²) >= 11 is 12.3. The molecule has 0 radical (unpaired) electrons. The van der Waals surface area contributed by atoms with E-state index in [1.807, 2.05) is 19.1 Å². The molecule has 5 nitrogen and oxygen atoms in total. The molecule has 3 aromatic carbocycles. The molecule has 3 rings (SSSR count). The molecule has 8 heteroatoms. The highest BCUT2D eigenvalue weighted by atomic mass is 35.5. The number of hydrogen-bond acceptors (Lipinski definition) is 3. The van der Waals surface area contributed by atoms with Crippen molar-refractivity contribution in [3.8, 4) is 0 Å². The number of benzene rings is 3. The molecule has 29 heavy (non-hydrogen) atoms. The van der Waals surface area contributed by atoms with Gasteiger partial charge in [0.05, 0.1) is 21.2 Å². The summed E-state index contributed by atoms with van der Waals surface area (Å²) in [5.74, 6) is -0.386. The molecule has 0 aliphatic heterocycles. The molecule has 0 aliphatic rings. The van der Waals surface area contributed by atoms with Gasteiger partial charge >= 0.3 is 0 Å². The molecule has 0 atom stereocenters. The van der Waals surface area contributed by atoms with Crippen molar-refractivity contribution in [2.24, 2.45) is 0 Å². The van der Waals surface area contributed by atoms with Crippen LogP contribution in [0.5, 0.6) is 0 Å². The van der Waals surface area contributed by atoms with Crippen LogP contribution in [0.25, 0.3) is 0 Å². The van der Waals surface area contributed by atoms with Gasteiger partial charge in [0.15, 0.2) is 0 Å². The minimum absolute atomic E-state index is 0.130. The quantitative estimate of drug-likeness (QED) is 0.554. The summed E-state index contributed by atoms with van der Waals surface area (Å²) in [5.41, 5.74) is 2.23. The summed E-state index contributed by atoms with van der Waals surface area (Å²) in [5, 5.41) is 3.43. The van der Waals surface area contributed by atoms with Crippen LogP contribution in [0.2, 0.25) is 10.0 Å². The average molecular weight is 449 g/mol. The highest BCUT2D eigenvalue weighted by Gasteiger charge is 2.16. The van der Waals surface area contributed by atoms with Gasteiger partial charge in [0.2, 0.25) is 0 Å². The van der Waals surface area contributed by atoms with Crippen molar-refractivity contribution in [1.29, 1.82) is 0 Å². The monoisotopic (exact) mass is 448 g/mol. The van der Waals surface area contributed by atoms with Crippen LogP contribution in [0.15, 0.2) is 71.6 Å². The smallest absolute Gasteiger partial charge is 0.261 e. The number of rotatable bonds is 6. The lowest BCUT2D eigenvalue weighted by molar-refractivity contribution is 0.0951. The van der Waals surface area contributed by atoms with Crippen molar-refractivity contribution in [3.63, 3.8) is 0 Å². The number of amides is 1. The average Bonchev–Trinajstić information content (AvgIpc) is 2.67. The molecule has 0 bridgehead atoms. The van der Waals surface area contributed by atoms with E-state index in [1.54, 1.807) is 24.3 Å². The van der Waals surface area contributed by atoms with Crippen molar-refractivity contribution < 1.29 is 13.2 Å². The number of carbonyl (C=O) groups excluding carboxylic acids is 1. The summed E-state index contributed by atoms with van der Waals surface area (Å²) in [6.07, 6.45) is 0. The lowest BCUT2D eigenvalue weighted by Crippen LogP contribution is -2.23. The zero-order valence-corrected chi connectivity index (χ0v) is 17.8. The van der Waals surface area contributed by atoms with Crippen molar-refractivity contribution in [1.82, 2.24) is 5.32 Å². The summed E-state index contributed by atoms with van der Waals surface area (Å²) in [6.45, 7) is 2.12. The largest absolute Gasteiger partial charge is 0.348 e. The highest BCUT2D eigenvalue weighted by molar-refractivity contribution is 7.92. The summed E-state index contributed by atoms with van der Waals surface area (Å²) in [7, 11) is -3.75. The maximum absolute atomic E-state index is 12.5. The molecule has 0 saturated carbocycles. The van der Waals surface area contributed by atoms with Gasteiger partial charge in [-0.3, -0.25) is 9.52 Å². The van der Waals surface area contributed by atoms with Crippen LogP contribution < -0.4 is 10.0 Å². The molecule has 0 aromatic heterocycles. The summed E-state index contributed by atoms with van der Waals surface area (Å²) in [4.78, 5) is 12.6. The van der Waals surface area contributed by atoms with E-state index in [-0.39, 0.29) is 33.6 Å². The number of aryl methyl sites for hydroxylation is 1. The third kappa shape index (κ3) is 5.29. The van der Waals surface area contributed by atoms with Gasteiger partial charge in [-0.25, -0.2) is 8.42 Å². The Hall–Kier alpha value is -2.54. The molecule has 1 amide bonds. The van der Waals surface area contributed by atoms with E-state index in [2.05, 4.69) is 10.0 Å². The van der Waals surface area contributed by atoms with Gasteiger partial charge in [-0.1, -0.05) is 59.1 Å². The minimum Gasteiger partial charge on any atom is -0.348 e. The third-order valence-corrected chi connectivity index (χ3v) is 6.27. The molecule has 0 unspecified atom stereocenters. The molecule has 0 fully saturated rings.